The largest absolute Gasteiger partial charge is 0.430 e. The number of ketones is 1. The van der Waals surface area contributed by atoms with Gasteiger partial charge >= 0.3 is 11.6 Å². The number of likely N-dealkylation sites (N-methyl/N-ethyl adjacent to an activating group) is 1. The maximum atomic E-state index is 12.9. The molecule has 1 aromatic carbocycles. The summed E-state index contributed by atoms with van der Waals surface area (Å²) in [4.78, 5) is 51.3. The number of hydrogen-bond donors (Lipinski definition) is 1. The van der Waals surface area contributed by atoms with E-state index in [1.54, 1.807) is 39.8 Å². The first kappa shape index (κ1) is 25.3. The fraction of sp³-hybridized carbons (Fsp3) is 0.500. The highest BCUT2D eigenvalue weighted by atomic mass is 32.2. The monoisotopic (exact) mass is 440 g/mol. The van der Waals surface area contributed by atoms with Gasteiger partial charge in [-0.25, -0.2) is 8.42 Å². The van der Waals surface area contributed by atoms with Gasteiger partial charge in [0, 0.05) is 19.6 Å². The van der Waals surface area contributed by atoms with Crippen LogP contribution in [0.2, 0.25) is 0 Å². The number of aryl methyl sites for hydroxylation is 1. The first-order chi connectivity index (χ1) is 13.5. The molecule has 1 unspecified atom stereocenters. The summed E-state index contributed by atoms with van der Waals surface area (Å²) in [6.45, 7) is 7.52. The summed E-state index contributed by atoms with van der Waals surface area (Å²) >= 11 is 0. The van der Waals surface area contributed by atoms with Gasteiger partial charge in [0.05, 0.1) is 4.90 Å². The molecule has 166 valence electrons. The number of carbonyl (C=O) groups is 4. The molecule has 9 nitrogen and oxygen atoms in total. The van der Waals surface area contributed by atoms with Gasteiger partial charge in [0.25, 0.3) is 11.8 Å². The second kappa shape index (κ2) is 8.95. The van der Waals surface area contributed by atoms with Crippen LogP contribution in [0.15, 0.2) is 29.2 Å². The molecule has 1 N–H and O–H groups in total. The lowest BCUT2D eigenvalue weighted by atomic mass is 9.94. The van der Waals surface area contributed by atoms with E-state index in [4.69, 9.17) is 4.74 Å². The van der Waals surface area contributed by atoms with Crippen molar-refractivity contribution < 1.29 is 32.3 Å². The predicted molar refractivity (Wildman–Crippen MR) is 109 cm³/mol. The van der Waals surface area contributed by atoms with Gasteiger partial charge in [-0.1, -0.05) is 17.7 Å². The summed E-state index contributed by atoms with van der Waals surface area (Å²) in [5.74, 6) is -5.84. The molecule has 30 heavy (non-hydrogen) atoms. The van der Waals surface area contributed by atoms with Crippen molar-refractivity contribution in [2.24, 2.45) is 0 Å². The van der Waals surface area contributed by atoms with Crippen molar-refractivity contribution in [3.63, 3.8) is 0 Å². The molecule has 0 aliphatic carbocycles. The highest BCUT2D eigenvalue weighted by Crippen LogP contribution is 2.21. The van der Waals surface area contributed by atoms with E-state index in [-0.39, 0.29) is 4.90 Å². The Bertz CT molecular complexity index is 944. The topological polar surface area (TPSA) is 127 Å². The highest BCUT2D eigenvalue weighted by molar-refractivity contribution is 7.92. The van der Waals surface area contributed by atoms with Crippen molar-refractivity contribution in [3.8, 4) is 0 Å². The minimum absolute atomic E-state index is 0.128. The summed E-state index contributed by atoms with van der Waals surface area (Å²) < 4.78 is 30.1. The number of sulfone groups is 1. The smallest absolute Gasteiger partial charge is 0.323 e. The molecule has 1 aromatic rings. The quantitative estimate of drug-likeness (QED) is 0.487. The van der Waals surface area contributed by atoms with Crippen LogP contribution in [0.3, 0.4) is 0 Å². The number of amides is 2. The minimum Gasteiger partial charge on any atom is -0.430 e. The van der Waals surface area contributed by atoms with E-state index < -0.39 is 50.3 Å². The standard InChI is InChI=1S/C20H28N2O7S/c1-13-8-10-15(11-9-13)30(27,28)12-16(24)29-20(14(2)23,18(26)22(6)7)17(25)21-19(3,4)5/h8-11H,12H2,1-7H3,(H,21,25). The molecule has 0 saturated heterocycles. The van der Waals surface area contributed by atoms with Gasteiger partial charge < -0.3 is 15.0 Å². The third-order valence-corrected chi connectivity index (χ3v) is 5.57. The van der Waals surface area contributed by atoms with Crippen LogP contribution >= 0.6 is 0 Å². The fourth-order valence-corrected chi connectivity index (χ4v) is 3.58. The number of nitrogens with zero attached hydrogens (tertiary/aromatic N) is 1. The number of Topliss-reactive ketones (excluding diaryl/α,β-unsaturated/α-hetero) is 1. The SMILES string of the molecule is CC(=O)C(OC(=O)CS(=O)(=O)c1ccc(C)cc1)(C(=O)NC(C)(C)C)C(=O)N(C)C. The van der Waals surface area contributed by atoms with Crippen molar-refractivity contribution in [3.05, 3.63) is 29.8 Å². The average Bonchev–Trinajstić information content (AvgIpc) is 2.56. The lowest BCUT2D eigenvalue weighted by molar-refractivity contribution is -0.180. The number of benzene rings is 1. The van der Waals surface area contributed by atoms with Crippen LogP contribution in [-0.4, -0.2) is 67.9 Å². The van der Waals surface area contributed by atoms with E-state index in [0.717, 1.165) is 17.4 Å². The Morgan fingerprint density at radius 3 is 1.93 bits per heavy atom. The minimum atomic E-state index is -4.12. The van der Waals surface area contributed by atoms with Crippen molar-refractivity contribution in [2.75, 3.05) is 19.8 Å². The van der Waals surface area contributed by atoms with Crippen LogP contribution in [0.5, 0.6) is 0 Å². The molecule has 0 fully saturated rings. The van der Waals surface area contributed by atoms with E-state index in [2.05, 4.69) is 5.32 Å². The van der Waals surface area contributed by atoms with Crippen molar-refractivity contribution in [1.29, 1.82) is 0 Å². The van der Waals surface area contributed by atoms with Gasteiger partial charge in [0.1, 0.15) is 0 Å². The van der Waals surface area contributed by atoms with E-state index in [9.17, 15) is 27.6 Å². The summed E-state index contributed by atoms with van der Waals surface area (Å²) in [7, 11) is -1.57. The van der Waals surface area contributed by atoms with Crippen LogP contribution in [0.25, 0.3) is 0 Å². The molecular weight excluding hydrogens is 412 g/mol. The summed E-state index contributed by atoms with van der Waals surface area (Å²) in [6.07, 6.45) is 0. The normalized spacial score (nSPS) is 13.7. The van der Waals surface area contributed by atoms with Gasteiger partial charge in [-0.3, -0.25) is 19.2 Å². The number of rotatable bonds is 7. The third-order valence-electron chi connectivity index (χ3n) is 3.97. The first-order valence-electron chi connectivity index (χ1n) is 9.09. The Morgan fingerprint density at radius 2 is 1.53 bits per heavy atom. The zero-order valence-electron chi connectivity index (χ0n) is 18.2. The van der Waals surface area contributed by atoms with Gasteiger partial charge in [-0.2, -0.15) is 0 Å². The Hall–Kier alpha value is -2.75. The highest BCUT2D eigenvalue weighted by Gasteiger charge is 2.56. The van der Waals surface area contributed by atoms with E-state index >= 15 is 0 Å². The summed E-state index contributed by atoms with van der Waals surface area (Å²) in [6, 6.07) is 5.77. The van der Waals surface area contributed by atoms with Crippen LogP contribution < -0.4 is 5.32 Å². The lowest BCUT2D eigenvalue weighted by Crippen LogP contribution is -2.65. The molecule has 0 bridgehead atoms. The lowest BCUT2D eigenvalue weighted by Gasteiger charge is -2.33. The molecule has 1 rings (SSSR count). The number of ether oxygens (including phenoxy) is 1. The van der Waals surface area contributed by atoms with E-state index in [0.29, 0.717) is 0 Å². The second-order valence-corrected chi connectivity index (χ2v) is 10.2. The van der Waals surface area contributed by atoms with Gasteiger partial charge in [-0.05, 0) is 46.8 Å². The fourth-order valence-electron chi connectivity index (χ4n) is 2.50. The first-order valence-corrected chi connectivity index (χ1v) is 10.7. The van der Waals surface area contributed by atoms with Crippen molar-refractivity contribution >= 4 is 33.4 Å². The molecule has 10 heteroatoms. The summed E-state index contributed by atoms with van der Waals surface area (Å²) in [5, 5.41) is 2.45. The molecule has 0 spiro atoms. The molecule has 0 aromatic heterocycles. The van der Waals surface area contributed by atoms with E-state index in [1.807, 2.05) is 0 Å². The molecule has 0 aliphatic heterocycles. The Kier molecular flexibility index (Phi) is 7.54. The molecule has 2 amide bonds. The Morgan fingerprint density at radius 1 is 1.03 bits per heavy atom. The Labute approximate surface area is 176 Å². The Balaban J connectivity index is 3.33. The van der Waals surface area contributed by atoms with Gasteiger partial charge in [0.15, 0.2) is 21.4 Å². The van der Waals surface area contributed by atoms with Gasteiger partial charge in [-0.15, -0.1) is 0 Å². The summed E-state index contributed by atoms with van der Waals surface area (Å²) in [5.41, 5.74) is -2.87. The van der Waals surface area contributed by atoms with Crippen molar-refractivity contribution in [1.82, 2.24) is 10.2 Å². The third kappa shape index (κ3) is 5.88. The molecule has 0 heterocycles. The maximum absolute atomic E-state index is 12.9. The molecule has 0 aliphatic rings. The average molecular weight is 441 g/mol. The van der Waals surface area contributed by atoms with Crippen molar-refractivity contribution in [2.45, 2.75) is 50.7 Å². The molecule has 0 radical (unpaired) electrons. The molecular formula is C20H28N2O7S. The number of hydrogen-bond acceptors (Lipinski definition) is 7. The van der Waals surface area contributed by atoms with Crippen LogP contribution in [0.1, 0.15) is 33.3 Å². The predicted octanol–water partition coefficient (Wildman–Crippen LogP) is 0.643. The number of esters is 1. The number of nitrogens with one attached hydrogen (secondary N) is 1. The van der Waals surface area contributed by atoms with Crippen LogP contribution in [0, 0.1) is 6.92 Å². The zero-order valence-corrected chi connectivity index (χ0v) is 19.0. The maximum Gasteiger partial charge on any atom is 0.323 e. The van der Waals surface area contributed by atoms with Gasteiger partial charge in [0.2, 0.25) is 0 Å². The zero-order chi connectivity index (χ0) is 23.5. The molecule has 1 atom stereocenters. The van der Waals surface area contributed by atoms with Crippen LogP contribution in [-0.2, 0) is 33.8 Å². The molecule has 0 saturated carbocycles. The van der Waals surface area contributed by atoms with Crippen LogP contribution in [0.4, 0.5) is 0 Å². The van der Waals surface area contributed by atoms with E-state index in [1.165, 1.54) is 26.2 Å². The second-order valence-electron chi connectivity index (χ2n) is 8.19. The number of carbonyl (C=O) groups excluding carboxylic acids is 4.